The number of aliphatic carboxylic acids is 1. The van der Waals surface area contributed by atoms with E-state index in [0.29, 0.717) is 35.8 Å². The monoisotopic (exact) mass is 1090 g/mol. The highest BCUT2D eigenvalue weighted by atomic mass is 16.7. The number of anilines is 2. The number of rotatable bonds is 20. The van der Waals surface area contributed by atoms with Crippen molar-refractivity contribution in [3.05, 3.63) is 83.5 Å². The SMILES string of the molecule is C[C@]12C=CC(=O)C=C1CC[C@@H]1[C@@H]2[C@@H](O)C[C@@]2(C)[C@H]1C[C@H]1CN(c3ccc(CC45CC(NC(=O)OCc6ccc(NC(=O)[C@H](CCC(=O)O)NC(=O)CNC(=O)CCC(=O)ON7C(=O)CCC7=O)cc6)(C4)C5)cc3)C[C@]12C(=O)CO. The molecule has 2 bridgehead atoms. The maximum atomic E-state index is 14.2. The smallest absolute Gasteiger partial charge is 0.407 e. The first kappa shape index (κ1) is 55.1. The topological polar surface area (TPSA) is 304 Å². The third-order valence-corrected chi connectivity index (χ3v) is 19.1. The Bertz CT molecular complexity index is 2900. The number of hydrogen-bond acceptors (Lipinski definition) is 15. The van der Waals surface area contributed by atoms with Gasteiger partial charge in [-0.3, -0.25) is 38.4 Å². The van der Waals surface area contributed by atoms with E-state index in [4.69, 9.17) is 9.57 Å². The van der Waals surface area contributed by atoms with Gasteiger partial charge in [-0.2, -0.15) is 0 Å². The number of Topliss-reactive ketones (excluding diaryl/α,β-unsaturated/α-hetero) is 1. The zero-order valence-electron chi connectivity index (χ0n) is 44.4. The summed E-state index contributed by atoms with van der Waals surface area (Å²) < 4.78 is 5.56. The molecule has 7 N–H and O–H groups in total. The first-order chi connectivity index (χ1) is 37.6. The lowest BCUT2D eigenvalue weighted by Crippen LogP contribution is -2.75. The molecule has 2 saturated heterocycles. The van der Waals surface area contributed by atoms with Gasteiger partial charge in [-0.05, 0) is 134 Å². The lowest BCUT2D eigenvalue weighted by atomic mass is 9.38. The van der Waals surface area contributed by atoms with Crippen LogP contribution in [0.3, 0.4) is 0 Å². The van der Waals surface area contributed by atoms with Gasteiger partial charge in [0.2, 0.25) is 17.7 Å². The van der Waals surface area contributed by atoms with Crippen LogP contribution in [0.4, 0.5) is 16.2 Å². The van der Waals surface area contributed by atoms with E-state index in [1.807, 2.05) is 6.08 Å². The first-order valence-electron chi connectivity index (χ1n) is 27.4. The average Bonchev–Trinajstić information content (AvgIpc) is 3.75. The molecular formula is C58H68N6O15. The summed E-state index contributed by atoms with van der Waals surface area (Å²) >= 11 is 0. The molecule has 9 atom stereocenters. The minimum Gasteiger partial charge on any atom is -0.481 e. The molecule has 0 radical (unpaired) electrons. The van der Waals surface area contributed by atoms with E-state index in [1.54, 1.807) is 36.4 Å². The predicted molar refractivity (Wildman–Crippen MR) is 279 cm³/mol. The summed E-state index contributed by atoms with van der Waals surface area (Å²) in [5.74, 6) is -5.55. The van der Waals surface area contributed by atoms with Gasteiger partial charge in [-0.25, -0.2) is 9.59 Å². The maximum Gasteiger partial charge on any atom is 0.407 e. The molecule has 420 valence electrons. The molecule has 79 heavy (non-hydrogen) atoms. The number of hydrogen-bond donors (Lipinski definition) is 7. The van der Waals surface area contributed by atoms with Crippen molar-refractivity contribution in [3.8, 4) is 0 Å². The number of allylic oxidation sites excluding steroid dienone is 4. The molecule has 8 fully saturated rings. The molecular weight excluding hydrogens is 1020 g/mol. The number of ether oxygens (including phenoxy) is 1. The molecule has 2 aromatic carbocycles. The highest BCUT2D eigenvalue weighted by molar-refractivity contribution is 6.02. The predicted octanol–water partition coefficient (Wildman–Crippen LogP) is 3.74. The van der Waals surface area contributed by atoms with Crippen LogP contribution in [-0.4, -0.2) is 123 Å². The van der Waals surface area contributed by atoms with E-state index in [-0.39, 0.29) is 72.1 Å². The molecule has 9 aliphatic rings. The number of nitrogens with one attached hydrogen (secondary N) is 4. The molecule has 0 aromatic heterocycles. The summed E-state index contributed by atoms with van der Waals surface area (Å²) in [4.78, 5) is 131. The third kappa shape index (κ3) is 10.3. The normalized spacial score (nSPS) is 31.9. The average molecular weight is 1090 g/mol. The Balaban J connectivity index is 0.656. The van der Waals surface area contributed by atoms with Gasteiger partial charge in [0.25, 0.3) is 11.8 Å². The fraction of sp³-hybridized carbons (Fsp3) is 0.552. The second-order valence-corrected chi connectivity index (χ2v) is 24.0. The number of carboxylic acid groups (broad SMARTS) is 1. The van der Waals surface area contributed by atoms with Crippen LogP contribution < -0.4 is 26.2 Å². The summed E-state index contributed by atoms with van der Waals surface area (Å²) in [6.45, 7) is 4.34. The number of carbonyl (C=O) groups is 10. The number of hydroxylamine groups is 2. The van der Waals surface area contributed by atoms with Crippen LogP contribution in [0.5, 0.6) is 0 Å². The van der Waals surface area contributed by atoms with E-state index in [1.165, 1.54) is 5.56 Å². The van der Waals surface area contributed by atoms with Crippen LogP contribution in [0.25, 0.3) is 0 Å². The largest absolute Gasteiger partial charge is 0.481 e. The fourth-order valence-electron chi connectivity index (χ4n) is 15.7. The Morgan fingerprint density at radius 3 is 2.24 bits per heavy atom. The maximum absolute atomic E-state index is 14.2. The first-order valence-corrected chi connectivity index (χ1v) is 27.4. The summed E-state index contributed by atoms with van der Waals surface area (Å²) in [5, 5.41) is 42.6. The quantitative estimate of drug-likeness (QED) is 0.0929. The fourth-order valence-corrected chi connectivity index (χ4v) is 15.7. The van der Waals surface area contributed by atoms with Gasteiger partial charge < -0.3 is 51.1 Å². The Morgan fingerprint density at radius 1 is 0.861 bits per heavy atom. The Labute approximate surface area is 456 Å². The van der Waals surface area contributed by atoms with Crippen LogP contribution in [0.2, 0.25) is 0 Å². The minimum absolute atomic E-state index is 0.00172. The van der Waals surface area contributed by atoms with Crippen molar-refractivity contribution in [2.24, 2.45) is 45.3 Å². The van der Waals surface area contributed by atoms with Gasteiger partial charge in [0, 0.05) is 67.0 Å². The zero-order chi connectivity index (χ0) is 56.2. The standard InChI is InChI=1S/C58H68N6O15/c1-54-20-19-39(66)21-35(54)7-12-40-41-22-36-26-63(32-58(36,44(68)27-65)55(41,2)24-43(67)51(40)54)38-10-5-33(6-11-38)23-56-29-57(30-56,31-56)62-53(77)78-28-34-3-8-37(9-4-34)60-52(76)42(13-17-49(73)74)61-46(70)25-59-45(69)14-18-50(75)79-64-47(71)15-16-48(64)72/h3-6,8-11,19-21,36,40-43,51,65,67H,7,12-18,22-32H2,1-2H3,(H,59,69)(H,60,76)(H,61,70)(H,62,77)(H,73,74)/t36-,40-,41-,42-,43-,51+,54-,55-,56?,57?,58+/m0/s1. The molecule has 21 heteroatoms. The molecule has 21 nitrogen and oxygen atoms in total. The van der Waals surface area contributed by atoms with Crippen LogP contribution >= 0.6 is 0 Å². The molecule has 6 saturated carbocycles. The molecule has 2 heterocycles. The number of aliphatic hydroxyl groups excluding tert-OH is 2. The van der Waals surface area contributed by atoms with Gasteiger partial charge in [0.05, 0.1) is 24.5 Å². The number of aliphatic hydroxyl groups is 2. The van der Waals surface area contributed by atoms with Gasteiger partial charge in [0.15, 0.2) is 11.6 Å². The van der Waals surface area contributed by atoms with E-state index in [2.05, 4.69) is 64.3 Å². The summed E-state index contributed by atoms with van der Waals surface area (Å²) in [7, 11) is 0. The number of alkyl carbamates (subject to hydrolysis) is 1. The van der Waals surface area contributed by atoms with E-state index < -0.39 is 108 Å². The number of carboxylic acids is 1. The number of amides is 6. The van der Waals surface area contributed by atoms with Crippen molar-refractivity contribution in [1.82, 2.24) is 21.0 Å². The molecule has 7 aliphatic carbocycles. The van der Waals surface area contributed by atoms with E-state index in [0.717, 1.165) is 56.2 Å². The van der Waals surface area contributed by atoms with Gasteiger partial charge >= 0.3 is 18.0 Å². The molecule has 6 amide bonds. The Hall–Kier alpha value is -7.26. The number of fused-ring (bicyclic) bond motifs is 7. The van der Waals surface area contributed by atoms with Crippen molar-refractivity contribution in [2.75, 3.05) is 36.5 Å². The van der Waals surface area contributed by atoms with Crippen molar-refractivity contribution in [1.29, 1.82) is 0 Å². The van der Waals surface area contributed by atoms with Crippen molar-refractivity contribution in [3.63, 3.8) is 0 Å². The van der Waals surface area contributed by atoms with Crippen LogP contribution in [0.1, 0.15) is 108 Å². The van der Waals surface area contributed by atoms with Crippen molar-refractivity contribution in [2.45, 2.75) is 128 Å². The lowest BCUT2D eigenvalue weighted by molar-refractivity contribution is -0.197. The van der Waals surface area contributed by atoms with Crippen molar-refractivity contribution < 1.29 is 72.8 Å². The minimum atomic E-state index is -1.30. The number of ketones is 2. The van der Waals surface area contributed by atoms with Gasteiger partial charge in [-0.15, -0.1) is 5.06 Å². The van der Waals surface area contributed by atoms with Crippen LogP contribution in [0, 0.1) is 45.3 Å². The number of benzene rings is 2. The summed E-state index contributed by atoms with van der Waals surface area (Å²) in [6, 6.07) is 13.6. The Kier molecular flexibility index (Phi) is 14.7. The molecule has 11 rings (SSSR count). The molecule has 2 aliphatic heterocycles. The molecule has 2 aromatic rings. The second kappa shape index (κ2) is 21.1. The number of carbonyl (C=O) groups excluding carboxylic acids is 9. The van der Waals surface area contributed by atoms with Gasteiger partial charge in [0.1, 0.15) is 19.3 Å². The van der Waals surface area contributed by atoms with Gasteiger partial charge in [-0.1, -0.05) is 49.8 Å². The molecule has 0 unspecified atom stereocenters. The summed E-state index contributed by atoms with van der Waals surface area (Å²) in [5.41, 5.74) is 2.29. The van der Waals surface area contributed by atoms with Crippen molar-refractivity contribution >= 4 is 70.5 Å². The number of nitrogens with zero attached hydrogens (tertiary/aromatic N) is 2. The zero-order valence-corrected chi connectivity index (χ0v) is 44.4. The van der Waals surface area contributed by atoms with E-state index >= 15 is 0 Å². The van der Waals surface area contributed by atoms with Crippen LogP contribution in [-0.2, 0) is 65.8 Å². The van der Waals surface area contributed by atoms with Crippen LogP contribution in [0.15, 0.2) is 72.3 Å². The number of imide groups is 1. The summed E-state index contributed by atoms with van der Waals surface area (Å²) in [6.07, 6.45) is 8.69. The molecule has 0 spiro atoms. The lowest BCUT2D eigenvalue weighted by Gasteiger charge is -2.70. The van der Waals surface area contributed by atoms with E-state index in [9.17, 15) is 63.3 Å². The highest BCUT2D eigenvalue weighted by Crippen LogP contribution is 2.73. The Morgan fingerprint density at radius 2 is 1.56 bits per heavy atom. The highest BCUT2D eigenvalue weighted by Gasteiger charge is 2.73. The third-order valence-electron chi connectivity index (χ3n) is 19.1. The second-order valence-electron chi connectivity index (χ2n) is 24.0.